The summed E-state index contributed by atoms with van der Waals surface area (Å²) < 4.78 is 28.1. The lowest BCUT2D eigenvalue weighted by atomic mass is 10.1. The van der Waals surface area contributed by atoms with Crippen molar-refractivity contribution < 1.29 is 23.4 Å². The monoisotopic (exact) mass is 418 g/mol. The molecule has 0 saturated carbocycles. The summed E-state index contributed by atoms with van der Waals surface area (Å²) in [4.78, 5) is 12.7. The lowest BCUT2D eigenvalue weighted by Gasteiger charge is -2.14. The van der Waals surface area contributed by atoms with Crippen LogP contribution < -0.4 is 24.4 Å². The first-order chi connectivity index (χ1) is 15.1. The maximum Gasteiger partial charge on any atom is 0.203 e. The molecule has 0 fully saturated rings. The molecule has 0 aliphatic rings. The average Bonchev–Trinajstić information content (AvgIpc) is 2.82. The van der Waals surface area contributed by atoms with Gasteiger partial charge in [-0.1, -0.05) is 30.3 Å². The van der Waals surface area contributed by atoms with Crippen LogP contribution in [0.15, 0.2) is 75.9 Å². The average molecular weight is 418 g/mol. The lowest BCUT2D eigenvalue weighted by Crippen LogP contribution is -2.02. The van der Waals surface area contributed by atoms with Crippen LogP contribution in [0, 0.1) is 0 Å². The van der Waals surface area contributed by atoms with Gasteiger partial charge in [-0.3, -0.25) is 4.79 Å². The molecule has 0 amide bonds. The summed E-state index contributed by atoms with van der Waals surface area (Å²) in [6.07, 6.45) is 0. The third kappa shape index (κ3) is 4.19. The van der Waals surface area contributed by atoms with Gasteiger partial charge in [0.25, 0.3) is 0 Å². The Hall–Kier alpha value is -3.93. The lowest BCUT2D eigenvalue weighted by molar-refractivity contribution is 0.306. The molecular formula is C25H22O6. The van der Waals surface area contributed by atoms with Crippen molar-refractivity contribution in [2.24, 2.45) is 0 Å². The maximum absolute atomic E-state index is 12.7. The van der Waals surface area contributed by atoms with E-state index in [1.165, 1.54) is 27.4 Å². The summed E-state index contributed by atoms with van der Waals surface area (Å²) in [7, 11) is 4.61. The summed E-state index contributed by atoms with van der Waals surface area (Å²) in [5.74, 6) is 2.41. The van der Waals surface area contributed by atoms with Gasteiger partial charge in [0.15, 0.2) is 16.9 Å². The number of ether oxygens (including phenoxy) is 4. The molecule has 6 nitrogen and oxygen atoms in total. The van der Waals surface area contributed by atoms with Crippen LogP contribution in [0.2, 0.25) is 0 Å². The van der Waals surface area contributed by atoms with Crippen LogP contribution in [0.5, 0.6) is 23.0 Å². The first-order valence-corrected chi connectivity index (χ1v) is 9.68. The van der Waals surface area contributed by atoms with E-state index in [4.69, 9.17) is 23.4 Å². The Morgan fingerprint density at radius 2 is 1.52 bits per heavy atom. The van der Waals surface area contributed by atoms with Crippen molar-refractivity contribution in [1.82, 2.24) is 0 Å². The van der Waals surface area contributed by atoms with Gasteiger partial charge in [0.1, 0.15) is 23.7 Å². The summed E-state index contributed by atoms with van der Waals surface area (Å²) >= 11 is 0. The summed E-state index contributed by atoms with van der Waals surface area (Å²) in [5.41, 5.74) is 1.96. The first-order valence-electron chi connectivity index (χ1n) is 9.68. The highest BCUT2D eigenvalue weighted by Crippen LogP contribution is 2.41. The second kappa shape index (κ2) is 8.83. The molecule has 3 aromatic carbocycles. The third-order valence-electron chi connectivity index (χ3n) is 4.90. The fourth-order valence-corrected chi connectivity index (χ4v) is 3.33. The number of methoxy groups -OCH3 is 3. The number of hydrogen-bond acceptors (Lipinski definition) is 6. The summed E-state index contributed by atoms with van der Waals surface area (Å²) in [5, 5.41) is 0.475. The van der Waals surface area contributed by atoms with Gasteiger partial charge in [-0.25, -0.2) is 0 Å². The smallest absolute Gasteiger partial charge is 0.203 e. The molecule has 0 spiro atoms. The minimum absolute atomic E-state index is 0.153. The Morgan fingerprint density at radius 1 is 0.806 bits per heavy atom. The molecule has 0 atom stereocenters. The number of benzene rings is 3. The Labute approximate surface area is 179 Å². The zero-order chi connectivity index (χ0) is 21.8. The van der Waals surface area contributed by atoms with Crippen molar-refractivity contribution >= 4 is 11.0 Å². The highest BCUT2D eigenvalue weighted by atomic mass is 16.5. The molecule has 0 aliphatic carbocycles. The molecule has 0 aliphatic heterocycles. The number of rotatable bonds is 7. The molecule has 31 heavy (non-hydrogen) atoms. The van der Waals surface area contributed by atoms with E-state index in [0.717, 1.165) is 5.56 Å². The number of hydrogen-bond donors (Lipinski definition) is 0. The van der Waals surface area contributed by atoms with Gasteiger partial charge in [-0.05, 0) is 29.8 Å². The Kier molecular flexibility index (Phi) is 5.80. The zero-order valence-corrected chi connectivity index (χ0v) is 17.5. The third-order valence-corrected chi connectivity index (χ3v) is 4.90. The Morgan fingerprint density at radius 3 is 2.16 bits per heavy atom. The van der Waals surface area contributed by atoms with E-state index in [1.54, 1.807) is 30.3 Å². The van der Waals surface area contributed by atoms with E-state index in [1.807, 2.05) is 30.3 Å². The van der Waals surface area contributed by atoms with Crippen molar-refractivity contribution in [3.63, 3.8) is 0 Å². The Balaban J connectivity index is 1.73. The van der Waals surface area contributed by atoms with Crippen LogP contribution in [0.25, 0.3) is 22.3 Å². The fraction of sp³-hybridized carbons (Fsp3) is 0.160. The highest BCUT2D eigenvalue weighted by molar-refractivity contribution is 5.80. The molecule has 4 aromatic rings. The molecule has 0 radical (unpaired) electrons. The van der Waals surface area contributed by atoms with Crippen LogP contribution >= 0.6 is 0 Å². The normalized spacial score (nSPS) is 10.7. The molecule has 158 valence electrons. The predicted octanol–water partition coefficient (Wildman–Crippen LogP) is 5.06. The van der Waals surface area contributed by atoms with Gasteiger partial charge in [-0.15, -0.1) is 0 Å². The van der Waals surface area contributed by atoms with Crippen LogP contribution in [-0.2, 0) is 6.61 Å². The van der Waals surface area contributed by atoms with Crippen molar-refractivity contribution in [3.8, 4) is 34.3 Å². The van der Waals surface area contributed by atoms with Crippen molar-refractivity contribution in [2.75, 3.05) is 21.3 Å². The number of fused-ring (bicyclic) bond motifs is 1. The van der Waals surface area contributed by atoms with Crippen molar-refractivity contribution in [2.45, 2.75) is 6.61 Å². The minimum Gasteiger partial charge on any atom is -0.493 e. The van der Waals surface area contributed by atoms with E-state index >= 15 is 0 Å². The Bertz CT molecular complexity index is 1240. The van der Waals surface area contributed by atoms with Crippen LogP contribution in [0.3, 0.4) is 0 Å². The standard InChI is InChI=1S/C25H22O6/c1-27-23-11-17(12-24(28-2)25(23)29-3)21-14-20(26)19-10-9-18(13-22(19)31-21)30-15-16-7-5-4-6-8-16/h4-14H,15H2,1-3H3. The van der Waals surface area contributed by atoms with Gasteiger partial charge in [0, 0.05) is 17.7 Å². The van der Waals surface area contributed by atoms with Gasteiger partial charge in [-0.2, -0.15) is 0 Å². The molecule has 0 saturated heterocycles. The van der Waals surface area contributed by atoms with Crippen LogP contribution in [-0.4, -0.2) is 21.3 Å². The quantitative estimate of drug-likeness (QED) is 0.418. The van der Waals surface area contributed by atoms with E-state index in [9.17, 15) is 4.79 Å². The minimum atomic E-state index is -0.153. The van der Waals surface area contributed by atoms with Crippen LogP contribution in [0.4, 0.5) is 0 Å². The van der Waals surface area contributed by atoms with Crippen LogP contribution in [0.1, 0.15) is 5.56 Å². The van der Waals surface area contributed by atoms with E-state index in [-0.39, 0.29) is 5.43 Å². The summed E-state index contributed by atoms with van der Waals surface area (Å²) in [6.45, 7) is 0.420. The van der Waals surface area contributed by atoms with Gasteiger partial charge in [0.05, 0.1) is 26.7 Å². The second-order valence-corrected chi connectivity index (χ2v) is 6.82. The molecule has 4 rings (SSSR count). The van der Waals surface area contributed by atoms with E-state index < -0.39 is 0 Å². The molecular weight excluding hydrogens is 396 g/mol. The molecule has 0 bridgehead atoms. The predicted molar refractivity (Wildman–Crippen MR) is 118 cm³/mol. The van der Waals surface area contributed by atoms with Gasteiger partial charge in [0.2, 0.25) is 5.75 Å². The van der Waals surface area contributed by atoms with Gasteiger partial charge >= 0.3 is 0 Å². The molecule has 0 unspecified atom stereocenters. The van der Waals surface area contributed by atoms with Crippen molar-refractivity contribution in [3.05, 3.63) is 82.5 Å². The molecule has 6 heteroatoms. The first kappa shape index (κ1) is 20.3. The SMILES string of the molecule is COc1cc(-c2cc(=O)c3ccc(OCc4ccccc4)cc3o2)cc(OC)c1OC. The van der Waals surface area contributed by atoms with Gasteiger partial charge < -0.3 is 23.4 Å². The summed E-state index contributed by atoms with van der Waals surface area (Å²) in [6, 6.07) is 20.0. The van der Waals surface area contributed by atoms with Crippen molar-refractivity contribution in [1.29, 1.82) is 0 Å². The second-order valence-electron chi connectivity index (χ2n) is 6.82. The molecule has 1 heterocycles. The fourth-order valence-electron chi connectivity index (χ4n) is 3.33. The highest BCUT2D eigenvalue weighted by Gasteiger charge is 2.16. The van der Waals surface area contributed by atoms with E-state index in [0.29, 0.717) is 51.9 Å². The maximum atomic E-state index is 12.7. The molecule has 1 aromatic heterocycles. The zero-order valence-electron chi connectivity index (χ0n) is 17.5. The largest absolute Gasteiger partial charge is 0.493 e. The molecule has 0 N–H and O–H groups in total. The van der Waals surface area contributed by atoms with E-state index in [2.05, 4.69) is 0 Å². The topological polar surface area (TPSA) is 67.1 Å².